The van der Waals surface area contributed by atoms with Crippen molar-refractivity contribution in [2.24, 2.45) is 0 Å². The molecule has 5 nitrogen and oxygen atoms in total. The molecule has 0 fully saturated rings. The van der Waals surface area contributed by atoms with Crippen molar-refractivity contribution in [3.05, 3.63) is 59.2 Å². The Hall–Kier alpha value is -2.53. The molecule has 1 unspecified atom stereocenters. The highest BCUT2D eigenvalue weighted by atomic mass is 16.5. The van der Waals surface area contributed by atoms with Gasteiger partial charge in [0, 0.05) is 12.7 Å². The van der Waals surface area contributed by atoms with Gasteiger partial charge in [0.05, 0.1) is 25.9 Å². The largest absolute Gasteiger partial charge is 0.490 e. The molecule has 1 atom stereocenters. The van der Waals surface area contributed by atoms with Crippen LogP contribution in [-0.4, -0.2) is 26.2 Å². The first kappa shape index (κ1) is 19.8. The van der Waals surface area contributed by atoms with Gasteiger partial charge in [-0.05, 0) is 56.2 Å². The van der Waals surface area contributed by atoms with Gasteiger partial charge in [0.25, 0.3) is 5.91 Å². The molecule has 2 aromatic carbocycles. The van der Waals surface area contributed by atoms with E-state index in [1.54, 1.807) is 13.2 Å². The molecule has 0 bridgehead atoms. The van der Waals surface area contributed by atoms with E-state index in [0.29, 0.717) is 36.9 Å². The zero-order valence-corrected chi connectivity index (χ0v) is 15.9. The summed E-state index contributed by atoms with van der Waals surface area (Å²) in [6, 6.07) is 13.0. The van der Waals surface area contributed by atoms with Gasteiger partial charge in [0.1, 0.15) is 0 Å². The summed E-state index contributed by atoms with van der Waals surface area (Å²) in [5.41, 5.74) is 2.54. The number of rotatable bonds is 9. The zero-order chi connectivity index (χ0) is 18.9. The van der Waals surface area contributed by atoms with E-state index in [2.05, 4.69) is 5.32 Å². The highest BCUT2D eigenvalue weighted by molar-refractivity contribution is 5.94. The first-order valence-corrected chi connectivity index (χ1v) is 8.87. The summed E-state index contributed by atoms with van der Waals surface area (Å²) in [6.45, 7) is 7.42. The maximum absolute atomic E-state index is 12.6. The molecular weight excluding hydrogens is 330 g/mol. The normalized spacial score (nSPS) is 11.7. The van der Waals surface area contributed by atoms with Crippen molar-refractivity contribution in [2.45, 2.75) is 33.4 Å². The van der Waals surface area contributed by atoms with Crippen LogP contribution in [-0.2, 0) is 11.3 Å². The van der Waals surface area contributed by atoms with E-state index < -0.39 is 0 Å². The van der Waals surface area contributed by atoms with Crippen molar-refractivity contribution in [2.75, 3.05) is 20.3 Å². The number of hydrogen-bond acceptors (Lipinski definition) is 4. The van der Waals surface area contributed by atoms with Crippen molar-refractivity contribution in [1.82, 2.24) is 5.32 Å². The number of benzene rings is 2. The molecule has 1 amide bonds. The van der Waals surface area contributed by atoms with Gasteiger partial charge in [-0.2, -0.15) is 0 Å². The van der Waals surface area contributed by atoms with E-state index >= 15 is 0 Å². The second-order valence-electron chi connectivity index (χ2n) is 5.90. The maximum atomic E-state index is 12.6. The molecule has 0 aliphatic heterocycles. The van der Waals surface area contributed by atoms with Crippen LogP contribution in [0.15, 0.2) is 42.5 Å². The monoisotopic (exact) mass is 357 g/mol. The van der Waals surface area contributed by atoms with Crippen LogP contribution in [0, 0.1) is 0 Å². The molecule has 0 spiro atoms. The van der Waals surface area contributed by atoms with Crippen LogP contribution < -0.4 is 14.8 Å². The van der Waals surface area contributed by atoms with Crippen molar-refractivity contribution in [3.8, 4) is 11.5 Å². The third kappa shape index (κ3) is 5.23. The quantitative estimate of drug-likeness (QED) is 0.733. The lowest BCUT2D eigenvalue weighted by Gasteiger charge is -2.18. The number of carbonyl (C=O) groups is 1. The Morgan fingerprint density at radius 1 is 1.04 bits per heavy atom. The number of nitrogens with one attached hydrogen (secondary N) is 1. The Bertz CT molecular complexity index is 730. The average Bonchev–Trinajstić information content (AvgIpc) is 2.64. The van der Waals surface area contributed by atoms with Crippen LogP contribution >= 0.6 is 0 Å². The Morgan fingerprint density at radius 2 is 1.77 bits per heavy atom. The fraction of sp³-hybridized carbons (Fsp3) is 0.381. The van der Waals surface area contributed by atoms with Gasteiger partial charge in [-0.3, -0.25) is 4.79 Å². The summed E-state index contributed by atoms with van der Waals surface area (Å²) < 4.78 is 16.4. The Balaban J connectivity index is 2.13. The molecule has 2 rings (SSSR count). The van der Waals surface area contributed by atoms with E-state index in [4.69, 9.17) is 14.2 Å². The predicted octanol–water partition coefficient (Wildman–Crippen LogP) is 4.12. The van der Waals surface area contributed by atoms with Gasteiger partial charge in [0.2, 0.25) is 0 Å². The van der Waals surface area contributed by atoms with Crippen LogP contribution in [0.5, 0.6) is 11.5 Å². The number of hydrogen-bond donors (Lipinski definition) is 1. The van der Waals surface area contributed by atoms with Crippen molar-refractivity contribution < 1.29 is 19.0 Å². The van der Waals surface area contributed by atoms with Crippen molar-refractivity contribution >= 4 is 5.91 Å². The predicted molar refractivity (Wildman–Crippen MR) is 102 cm³/mol. The molecule has 140 valence electrons. The van der Waals surface area contributed by atoms with Crippen LogP contribution in [0.4, 0.5) is 0 Å². The molecular formula is C21H27NO4. The molecule has 0 aliphatic rings. The number of carbonyl (C=O) groups excluding carboxylic acids is 1. The minimum atomic E-state index is -0.163. The molecule has 0 aromatic heterocycles. The lowest BCUT2D eigenvalue weighted by Crippen LogP contribution is -2.26. The maximum Gasteiger partial charge on any atom is 0.251 e. The smallest absolute Gasteiger partial charge is 0.251 e. The van der Waals surface area contributed by atoms with E-state index in [9.17, 15) is 4.79 Å². The van der Waals surface area contributed by atoms with Crippen LogP contribution in [0.2, 0.25) is 0 Å². The Kier molecular flexibility index (Phi) is 7.48. The molecule has 26 heavy (non-hydrogen) atoms. The third-order valence-corrected chi connectivity index (χ3v) is 3.92. The van der Waals surface area contributed by atoms with Crippen LogP contribution in [0.3, 0.4) is 0 Å². The van der Waals surface area contributed by atoms with Crippen LogP contribution in [0.25, 0.3) is 0 Å². The minimum Gasteiger partial charge on any atom is -0.490 e. The number of ether oxygens (including phenoxy) is 3. The lowest BCUT2D eigenvalue weighted by molar-refractivity contribution is 0.0939. The molecule has 0 radical (unpaired) electrons. The number of amides is 1. The second-order valence-corrected chi connectivity index (χ2v) is 5.90. The van der Waals surface area contributed by atoms with Crippen molar-refractivity contribution in [1.29, 1.82) is 0 Å². The highest BCUT2D eigenvalue weighted by Crippen LogP contribution is 2.30. The summed E-state index contributed by atoms with van der Waals surface area (Å²) >= 11 is 0. The zero-order valence-electron chi connectivity index (χ0n) is 15.9. The highest BCUT2D eigenvalue weighted by Gasteiger charge is 2.14. The fourth-order valence-corrected chi connectivity index (χ4v) is 2.67. The molecule has 0 heterocycles. The summed E-state index contributed by atoms with van der Waals surface area (Å²) in [4.78, 5) is 12.6. The second kappa shape index (κ2) is 9.82. The average molecular weight is 357 g/mol. The third-order valence-electron chi connectivity index (χ3n) is 3.92. The lowest BCUT2D eigenvalue weighted by atomic mass is 10.1. The first-order chi connectivity index (χ1) is 12.6. The molecule has 1 N–H and O–H groups in total. The van der Waals surface area contributed by atoms with E-state index in [1.807, 2.05) is 57.2 Å². The SMILES string of the molecule is CCOc1ccc(C(C)NC(=O)c2cccc(COC)c2)cc1OCC. The standard InChI is InChI=1S/C21H27NO4/c1-5-25-19-11-10-17(13-20(19)26-6-2)15(3)22-21(23)18-9-7-8-16(12-18)14-24-4/h7-13,15H,5-6,14H2,1-4H3,(H,22,23). The topological polar surface area (TPSA) is 56.8 Å². The summed E-state index contributed by atoms with van der Waals surface area (Å²) in [5, 5.41) is 3.03. The van der Waals surface area contributed by atoms with E-state index in [1.165, 1.54) is 0 Å². The van der Waals surface area contributed by atoms with Crippen molar-refractivity contribution in [3.63, 3.8) is 0 Å². The minimum absolute atomic E-state index is 0.123. The van der Waals surface area contributed by atoms with Gasteiger partial charge in [-0.1, -0.05) is 18.2 Å². The van der Waals surface area contributed by atoms with Gasteiger partial charge in [0.15, 0.2) is 11.5 Å². The fourth-order valence-electron chi connectivity index (χ4n) is 2.67. The van der Waals surface area contributed by atoms with Gasteiger partial charge in [-0.15, -0.1) is 0 Å². The molecule has 2 aromatic rings. The molecule has 0 saturated carbocycles. The molecule has 0 aliphatic carbocycles. The van der Waals surface area contributed by atoms with E-state index in [-0.39, 0.29) is 11.9 Å². The Labute approximate surface area is 155 Å². The summed E-state index contributed by atoms with van der Waals surface area (Å²) in [5.74, 6) is 1.28. The van der Waals surface area contributed by atoms with E-state index in [0.717, 1.165) is 11.1 Å². The molecule has 0 saturated heterocycles. The number of methoxy groups -OCH3 is 1. The molecule has 5 heteroatoms. The summed E-state index contributed by atoms with van der Waals surface area (Å²) in [6.07, 6.45) is 0. The van der Waals surface area contributed by atoms with Gasteiger partial charge < -0.3 is 19.5 Å². The van der Waals surface area contributed by atoms with Crippen LogP contribution in [0.1, 0.15) is 48.3 Å². The van der Waals surface area contributed by atoms with Gasteiger partial charge in [-0.25, -0.2) is 0 Å². The summed E-state index contributed by atoms with van der Waals surface area (Å²) in [7, 11) is 1.64. The Morgan fingerprint density at radius 3 is 2.46 bits per heavy atom. The van der Waals surface area contributed by atoms with Gasteiger partial charge >= 0.3 is 0 Å². The first-order valence-electron chi connectivity index (χ1n) is 8.87.